The molecule has 2 unspecified atom stereocenters. The van der Waals surface area contributed by atoms with Gasteiger partial charge in [-0.3, -0.25) is 0 Å². The molecule has 0 bridgehead atoms. The highest BCUT2D eigenvalue weighted by Crippen LogP contribution is 2.37. The van der Waals surface area contributed by atoms with Gasteiger partial charge in [0.05, 0.1) is 18.8 Å². The lowest BCUT2D eigenvalue weighted by Crippen LogP contribution is -2.44. The minimum atomic E-state index is -0.916. The largest absolute Gasteiger partial charge is 0.488 e. The molecular weight excluding hydrogens is 292 g/mol. The third kappa shape index (κ3) is 3.07. The molecule has 1 N–H and O–H groups in total. The molecule has 2 fully saturated rings. The van der Waals surface area contributed by atoms with E-state index in [2.05, 4.69) is 0 Å². The monoisotopic (exact) mass is 312 g/mol. The topological polar surface area (TPSA) is 65.0 Å². The maximum absolute atomic E-state index is 11.3. The zero-order valence-corrected chi connectivity index (χ0v) is 12.9. The van der Waals surface area contributed by atoms with Gasteiger partial charge in [0.25, 0.3) is 0 Å². The summed E-state index contributed by atoms with van der Waals surface area (Å²) in [6.07, 6.45) is 3.27. The lowest BCUT2D eigenvalue weighted by molar-refractivity contribution is -0.112. The standard InChI is InChI=1S/C15H20O5S/c1-2-11-7-12(13(21-11)14(16)17)20-10-3-5-19-15(8-10)4-6-18-9-15/h7,10H,2-6,8-9H2,1H3,(H,16,17). The molecule has 2 saturated heterocycles. The minimum Gasteiger partial charge on any atom is -0.488 e. The number of aromatic carboxylic acids is 1. The Morgan fingerprint density at radius 3 is 3.10 bits per heavy atom. The normalized spacial score (nSPS) is 28.9. The number of carboxylic acids is 1. The van der Waals surface area contributed by atoms with E-state index in [0.717, 1.165) is 37.2 Å². The van der Waals surface area contributed by atoms with E-state index < -0.39 is 5.97 Å². The third-order valence-electron chi connectivity index (χ3n) is 4.10. The molecule has 21 heavy (non-hydrogen) atoms. The fourth-order valence-corrected chi connectivity index (χ4v) is 3.83. The summed E-state index contributed by atoms with van der Waals surface area (Å²) in [4.78, 5) is 12.7. The fraction of sp³-hybridized carbons (Fsp3) is 0.667. The summed E-state index contributed by atoms with van der Waals surface area (Å²) in [5.41, 5.74) is -0.226. The number of aryl methyl sites for hydroxylation is 1. The molecule has 0 saturated carbocycles. The van der Waals surface area contributed by atoms with Crippen LogP contribution in [0.2, 0.25) is 0 Å². The van der Waals surface area contributed by atoms with Crippen LogP contribution in [0.1, 0.15) is 40.7 Å². The van der Waals surface area contributed by atoms with Crippen molar-refractivity contribution in [1.82, 2.24) is 0 Å². The van der Waals surface area contributed by atoms with Gasteiger partial charge < -0.3 is 19.3 Å². The van der Waals surface area contributed by atoms with Gasteiger partial charge >= 0.3 is 5.97 Å². The highest BCUT2D eigenvalue weighted by molar-refractivity contribution is 7.14. The lowest BCUT2D eigenvalue weighted by atomic mass is 9.91. The van der Waals surface area contributed by atoms with Gasteiger partial charge in [0, 0.05) is 30.7 Å². The van der Waals surface area contributed by atoms with Crippen molar-refractivity contribution in [2.45, 2.75) is 44.3 Å². The molecule has 1 aromatic rings. The van der Waals surface area contributed by atoms with E-state index >= 15 is 0 Å². The molecule has 0 amide bonds. The molecule has 2 aliphatic heterocycles. The van der Waals surface area contributed by atoms with Crippen LogP contribution in [0.4, 0.5) is 0 Å². The Bertz CT molecular complexity index is 518. The predicted octanol–water partition coefficient (Wildman–Crippen LogP) is 2.73. The second-order valence-electron chi connectivity index (χ2n) is 5.63. The van der Waals surface area contributed by atoms with Gasteiger partial charge in [0.15, 0.2) is 4.88 Å². The molecule has 1 spiro atoms. The number of hydrogen-bond acceptors (Lipinski definition) is 5. The second kappa shape index (κ2) is 5.94. The number of ether oxygens (including phenoxy) is 3. The second-order valence-corrected chi connectivity index (χ2v) is 6.77. The number of carbonyl (C=O) groups is 1. The maximum atomic E-state index is 11.3. The number of hydrogen-bond donors (Lipinski definition) is 1. The number of rotatable bonds is 4. The molecule has 2 atom stereocenters. The Morgan fingerprint density at radius 1 is 1.57 bits per heavy atom. The van der Waals surface area contributed by atoms with Gasteiger partial charge in [0.1, 0.15) is 11.9 Å². The van der Waals surface area contributed by atoms with Crippen LogP contribution in [-0.2, 0) is 15.9 Å². The van der Waals surface area contributed by atoms with Crippen LogP contribution in [0.5, 0.6) is 5.75 Å². The molecule has 3 heterocycles. The van der Waals surface area contributed by atoms with Crippen LogP contribution in [-0.4, -0.2) is 42.6 Å². The molecule has 1 aromatic heterocycles. The molecule has 0 aliphatic carbocycles. The smallest absolute Gasteiger partial charge is 0.349 e. The fourth-order valence-electron chi connectivity index (χ4n) is 2.96. The van der Waals surface area contributed by atoms with Crippen molar-refractivity contribution in [2.75, 3.05) is 19.8 Å². The predicted molar refractivity (Wildman–Crippen MR) is 78.4 cm³/mol. The van der Waals surface area contributed by atoms with Crippen molar-refractivity contribution in [3.05, 3.63) is 15.8 Å². The van der Waals surface area contributed by atoms with Crippen LogP contribution in [0.15, 0.2) is 6.07 Å². The van der Waals surface area contributed by atoms with Gasteiger partial charge in [-0.05, 0) is 12.5 Å². The van der Waals surface area contributed by atoms with E-state index in [0.29, 0.717) is 23.8 Å². The highest BCUT2D eigenvalue weighted by atomic mass is 32.1. The first kappa shape index (κ1) is 14.8. The Kier molecular flexibility index (Phi) is 4.19. The average Bonchev–Trinajstić information content (AvgIpc) is 3.06. The van der Waals surface area contributed by atoms with Crippen LogP contribution < -0.4 is 4.74 Å². The van der Waals surface area contributed by atoms with Gasteiger partial charge in [-0.2, -0.15) is 0 Å². The molecule has 0 radical (unpaired) electrons. The van der Waals surface area contributed by atoms with E-state index in [1.165, 1.54) is 11.3 Å². The van der Waals surface area contributed by atoms with Crippen molar-refractivity contribution >= 4 is 17.3 Å². The first-order valence-electron chi connectivity index (χ1n) is 7.36. The van der Waals surface area contributed by atoms with Gasteiger partial charge in [0.2, 0.25) is 0 Å². The van der Waals surface area contributed by atoms with E-state index in [4.69, 9.17) is 14.2 Å². The molecule has 6 heteroatoms. The number of thiophene rings is 1. The summed E-state index contributed by atoms with van der Waals surface area (Å²) in [6, 6.07) is 1.86. The molecule has 116 valence electrons. The van der Waals surface area contributed by atoms with Gasteiger partial charge in [-0.15, -0.1) is 11.3 Å². The van der Waals surface area contributed by atoms with Gasteiger partial charge in [-0.1, -0.05) is 6.92 Å². The van der Waals surface area contributed by atoms with E-state index in [1.54, 1.807) is 0 Å². The number of carboxylic acid groups (broad SMARTS) is 1. The summed E-state index contributed by atoms with van der Waals surface area (Å²) in [5.74, 6) is -0.411. The van der Waals surface area contributed by atoms with Gasteiger partial charge in [-0.25, -0.2) is 4.79 Å². The molecule has 2 aliphatic rings. The summed E-state index contributed by atoms with van der Waals surface area (Å²) < 4.78 is 17.3. The van der Waals surface area contributed by atoms with Crippen molar-refractivity contribution in [1.29, 1.82) is 0 Å². The third-order valence-corrected chi connectivity index (χ3v) is 5.35. The summed E-state index contributed by atoms with van der Waals surface area (Å²) in [6.45, 7) is 4.00. The van der Waals surface area contributed by atoms with Crippen LogP contribution in [0.3, 0.4) is 0 Å². The van der Waals surface area contributed by atoms with Crippen LogP contribution in [0.25, 0.3) is 0 Å². The SMILES string of the molecule is CCc1cc(OC2CCOC3(CCOC3)C2)c(C(=O)O)s1. The summed E-state index contributed by atoms with van der Waals surface area (Å²) in [7, 11) is 0. The van der Waals surface area contributed by atoms with Crippen molar-refractivity contribution in [2.24, 2.45) is 0 Å². The molecule has 0 aromatic carbocycles. The summed E-state index contributed by atoms with van der Waals surface area (Å²) in [5, 5.41) is 9.29. The van der Waals surface area contributed by atoms with Crippen molar-refractivity contribution in [3.63, 3.8) is 0 Å². The Hall–Kier alpha value is -1.11. The molecule has 3 rings (SSSR count). The quantitative estimate of drug-likeness (QED) is 0.926. The zero-order chi connectivity index (χ0) is 14.9. The van der Waals surface area contributed by atoms with E-state index in [1.807, 2.05) is 13.0 Å². The van der Waals surface area contributed by atoms with Crippen molar-refractivity contribution in [3.8, 4) is 5.75 Å². The maximum Gasteiger partial charge on any atom is 0.349 e. The lowest BCUT2D eigenvalue weighted by Gasteiger charge is -2.36. The first-order valence-corrected chi connectivity index (χ1v) is 8.18. The Labute approximate surface area is 127 Å². The zero-order valence-electron chi connectivity index (χ0n) is 12.1. The van der Waals surface area contributed by atoms with Crippen LogP contribution in [0, 0.1) is 0 Å². The summed E-state index contributed by atoms with van der Waals surface area (Å²) >= 11 is 1.30. The first-order chi connectivity index (χ1) is 10.1. The van der Waals surface area contributed by atoms with E-state index in [9.17, 15) is 9.90 Å². The highest BCUT2D eigenvalue weighted by Gasteiger charge is 2.42. The average molecular weight is 312 g/mol. The van der Waals surface area contributed by atoms with E-state index in [-0.39, 0.29) is 11.7 Å². The minimum absolute atomic E-state index is 0.00199. The Balaban J connectivity index is 1.73. The van der Waals surface area contributed by atoms with Crippen molar-refractivity contribution < 1.29 is 24.1 Å². The van der Waals surface area contributed by atoms with Crippen LogP contribution >= 0.6 is 11.3 Å². The Morgan fingerprint density at radius 2 is 2.43 bits per heavy atom. The molecule has 5 nitrogen and oxygen atoms in total. The molecular formula is C15H20O5S.